The molecule has 2 aliphatic heterocycles. The maximum absolute atomic E-state index is 11.9. The highest BCUT2D eigenvalue weighted by atomic mass is 16.6. The Bertz CT molecular complexity index is 449. The first-order valence-electron chi connectivity index (χ1n) is 11.4. The Kier molecular flexibility index (Phi) is 15.7. The van der Waals surface area contributed by atoms with E-state index in [1.54, 1.807) is 0 Å². The summed E-state index contributed by atoms with van der Waals surface area (Å²) in [5.41, 5.74) is 6.20. The molecule has 2 fully saturated rings. The van der Waals surface area contributed by atoms with Crippen LogP contribution in [0.15, 0.2) is 4.99 Å². The molecule has 0 aromatic carbocycles. The molecule has 0 bridgehead atoms. The zero-order chi connectivity index (χ0) is 22.2. The third-order valence-corrected chi connectivity index (χ3v) is 5.33. The summed E-state index contributed by atoms with van der Waals surface area (Å²) in [6.45, 7) is 15.3. The second kappa shape index (κ2) is 16.5. The van der Waals surface area contributed by atoms with Crippen molar-refractivity contribution in [3.8, 4) is 0 Å². The number of hydrogen-bond acceptors (Lipinski definition) is 5. The van der Waals surface area contributed by atoms with Gasteiger partial charge in [0.15, 0.2) is 0 Å². The van der Waals surface area contributed by atoms with Crippen molar-refractivity contribution in [1.29, 1.82) is 0 Å². The maximum atomic E-state index is 11.9. The van der Waals surface area contributed by atoms with Crippen LogP contribution in [0, 0.1) is 11.8 Å². The summed E-state index contributed by atoms with van der Waals surface area (Å²) in [5, 5.41) is 7.00. The van der Waals surface area contributed by atoms with Gasteiger partial charge in [0.05, 0.1) is 12.4 Å². The highest BCUT2D eigenvalue weighted by molar-refractivity contribution is 5.82. The molecule has 2 saturated heterocycles. The van der Waals surface area contributed by atoms with Crippen molar-refractivity contribution in [3.05, 3.63) is 0 Å². The van der Waals surface area contributed by atoms with Gasteiger partial charge in [-0.15, -0.1) is 0 Å². The molecule has 2 rings (SSSR count). The number of ether oxygens (including phenoxy) is 1. The number of aliphatic hydroxyl groups excluding tert-OH is 1. The monoisotopic (exact) mass is 414 g/mol. The number of nitrogens with zero attached hydrogens (tertiary/aromatic N) is 3. The van der Waals surface area contributed by atoms with Crippen LogP contribution < -0.4 is 5.73 Å². The third-order valence-electron chi connectivity index (χ3n) is 5.33. The van der Waals surface area contributed by atoms with Crippen molar-refractivity contribution >= 4 is 11.9 Å². The summed E-state index contributed by atoms with van der Waals surface area (Å²) < 4.78 is 5.14. The van der Waals surface area contributed by atoms with E-state index in [1.807, 2.05) is 25.7 Å². The molecule has 0 spiro atoms. The number of aliphatic imine (C=N–C) groups is 1. The molecule has 1 amide bonds. The zero-order valence-electron chi connectivity index (χ0n) is 19.7. The molecule has 29 heavy (non-hydrogen) atoms. The van der Waals surface area contributed by atoms with Gasteiger partial charge >= 0.3 is 6.09 Å². The number of rotatable bonds is 5. The van der Waals surface area contributed by atoms with Crippen LogP contribution in [-0.4, -0.2) is 79.3 Å². The van der Waals surface area contributed by atoms with Gasteiger partial charge in [-0.1, -0.05) is 27.7 Å². The summed E-state index contributed by atoms with van der Waals surface area (Å²) in [6.07, 6.45) is 5.31. The van der Waals surface area contributed by atoms with Gasteiger partial charge in [-0.3, -0.25) is 4.99 Å². The summed E-state index contributed by atoms with van der Waals surface area (Å²) in [6, 6.07) is 0.578. The first-order valence-corrected chi connectivity index (χ1v) is 11.4. The van der Waals surface area contributed by atoms with E-state index in [4.69, 9.17) is 15.6 Å². The van der Waals surface area contributed by atoms with Crippen LogP contribution in [0.2, 0.25) is 0 Å². The van der Waals surface area contributed by atoms with Crippen molar-refractivity contribution in [1.82, 2.24) is 9.80 Å². The lowest BCUT2D eigenvalue weighted by Crippen LogP contribution is -2.44. The number of amides is 1. The van der Waals surface area contributed by atoms with Gasteiger partial charge in [-0.25, -0.2) is 4.79 Å². The molecule has 0 aromatic heterocycles. The first-order chi connectivity index (χ1) is 14.0. The van der Waals surface area contributed by atoms with Gasteiger partial charge in [0.25, 0.3) is 0 Å². The van der Waals surface area contributed by atoms with E-state index in [0.717, 1.165) is 77.8 Å². The largest absolute Gasteiger partial charge is 0.450 e. The predicted molar refractivity (Wildman–Crippen MR) is 121 cm³/mol. The third kappa shape index (κ3) is 10.3. The van der Waals surface area contributed by atoms with Crippen LogP contribution >= 0.6 is 0 Å². The summed E-state index contributed by atoms with van der Waals surface area (Å²) in [4.78, 5) is 21.0. The molecule has 0 saturated carbocycles. The molecule has 0 radical (unpaired) electrons. The SMILES string of the molecule is CC.CCOC(=O)N1CCCC(N2CCC(C(N)=NCC(C)C)CC2)CC1.CO. The normalized spacial score (nSPS) is 21.4. The van der Waals surface area contributed by atoms with Crippen molar-refractivity contribution in [2.75, 3.05) is 46.4 Å². The van der Waals surface area contributed by atoms with Crippen LogP contribution in [0.4, 0.5) is 4.79 Å². The first kappa shape index (κ1) is 27.7. The number of likely N-dealkylation sites (tertiary alicyclic amines) is 2. The molecule has 7 nitrogen and oxygen atoms in total. The van der Waals surface area contributed by atoms with E-state index in [-0.39, 0.29) is 6.09 Å². The fraction of sp³-hybridized carbons (Fsp3) is 0.909. The standard InChI is InChI=1S/C19H36N4O2.C2H6.CH4O/c1-4-25-19(24)23-10-5-6-17(9-13-23)22-11-7-16(8-12-22)18(20)21-14-15(2)3;2*1-2/h15-17H,4-14H2,1-3H3,(H2,20,21);1-2H3;2H,1H3. The minimum atomic E-state index is -0.156. The average molecular weight is 415 g/mol. The summed E-state index contributed by atoms with van der Waals surface area (Å²) in [5.74, 6) is 1.85. The minimum Gasteiger partial charge on any atom is -0.450 e. The summed E-state index contributed by atoms with van der Waals surface area (Å²) in [7, 11) is 1.00. The molecule has 3 N–H and O–H groups in total. The molecule has 1 atom stereocenters. The number of piperidine rings is 1. The molecule has 2 heterocycles. The van der Waals surface area contributed by atoms with Crippen LogP contribution in [0.25, 0.3) is 0 Å². The van der Waals surface area contributed by atoms with E-state index >= 15 is 0 Å². The minimum absolute atomic E-state index is 0.156. The number of carbonyl (C=O) groups is 1. The van der Waals surface area contributed by atoms with Crippen LogP contribution in [0.3, 0.4) is 0 Å². The molecule has 172 valence electrons. The lowest BCUT2D eigenvalue weighted by molar-refractivity contribution is 0.105. The quantitative estimate of drug-likeness (QED) is 0.532. The maximum Gasteiger partial charge on any atom is 0.409 e. The van der Waals surface area contributed by atoms with Crippen molar-refractivity contribution in [2.24, 2.45) is 22.6 Å². The van der Waals surface area contributed by atoms with Crippen LogP contribution in [0.5, 0.6) is 0 Å². The van der Waals surface area contributed by atoms with E-state index in [2.05, 4.69) is 23.7 Å². The van der Waals surface area contributed by atoms with Crippen LogP contribution in [0.1, 0.15) is 66.7 Å². The lowest BCUT2D eigenvalue weighted by Gasteiger charge is -2.37. The number of aliphatic hydroxyl groups is 1. The fourth-order valence-corrected chi connectivity index (χ4v) is 3.82. The Morgan fingerprint density at radius 3 is 2.28 bits per heavy atom. The van der Waals surface area contributed by atoms with E-state index in [9.17, 15) is 4.79 Å². The summed E-state index contributed by atoms with van der Waals surface area (Å²) >= 11 is 0. The van der Waals surface area contributed by atoms with Gasteiger partial charge in [0.2, 0.25) is 0 Å². The lowest BCUT2D eigenvalue weighted by atomic mass is 9.93. The highest BCUT2D eigenvalue weighted by Gasteiger charge is 2.29. The van der Waals surface area contributed by atoms with Crippen molar-refractivity contribution in [2.45, 2.75) is 72.8 Å². The molecular weight excluding hydrogens is 368 g/mol. The van der Waals surface area contributed by atoms with Crippen molar-refractivity contribution in [3.63, 3.8) is 0 Å². The molecule has 0 aliphatic carbocycles. The second-order valence-electron chi connectivity index (χ2n) is 7.74. The Morgan fingerprint density at radius 2 is 1.72 bits per heavy atom. The van der Waals surface area contributed by atoms with E-state index < -0.39 is 0 Å². The van der Waals surface area contributed by atoms with Gasteiger partial charge < -0.3 is 25.4 Å². The van der Waals surface area contributed by atoms with Gasteiger partial charge in [-0.05, 0) is 58.0 Å². The second-order valence-corrected chi connectivity index (χ2v) is 7.74. The molecule has 0 aromatic rings. The Labute approximate surface area is 178 Å². The fourth-order valence-electron chi connectivity index (χ4n) is 3.82. The van der Waals surface area contributed by atoms with Gasteiger partial charge in [0.1, 0.15) is 0 Å². The molecule has 1 unspecified atom stereocenters. The van der Waals surface area contributed by atoms with Gasteiger partial charge in [0, 0.05) is 38.7 Å². The van der Waals surface area contributed by atoms with Gasteiger partial charge in [-0.2, -0.15) is 0 Å². The van der Waals surface area contributed by atoms with E-state index in [0.29, 0.717) is 24.5 Å². The number of carbonyl (C=O) groups excluding carboxylic acids is 1. The number of hydrogen-bond donors (Lipinski definition) is 2. The molecule has 7 heteroatoms. The smallest absolute Gasteiger partial charge is 0.409 e. The average Bonchev–Trinajstić information content (AvgIpc) is 3.01. The van der Waals surface area contributed by atoms with Crippen LogP contribution in [-0.2, 0) is 4.74 Å². The molecular formula is C22H46N4O3. The molecule has 2 aliphatic rings. The number of amidine groups is 1. The Balaban J connectivity index is 0.00000184. The van der Waals surface area contributed by atoms with Crippen molar-refractivity contribution < 1.29 is 14.6 Å². The number of nitrogens with two attached hydrogens (primary N) is 1. The van der Waals surface area contributed by atoms with E-state index in [1.165, 1.54) is 0 Å². The zero-order valence-corrected chi connectivity index (χ0v) is 19.7. The highest BCUT2D eigenvalue weighted by Crippen LogP contribution is 2.24. The Hall–Kier alpha value is -1.34. The Morgan fingerprint density at radius 1 is 1.10 bits per heavy atom. The topological polar surface area (TPSA) is 91.4 Å². The predicted octanol–water partition coefficient (Wildman–Crippen LogP) is 3.36.